The maximum Gasteiger partial charge on any atom is 0.678 e. The zero-order valence-electron chi connectivity index (χ0n) is 6.33. The number of rotatable bonds is 3. The van der Waals surface area contributed by atoms with E-state index in [1.807, 2.05) is 0 Å². The van der Waals surface area contributed by atoms with E-state index in [1.165, 1.54) is 0 Å². The highest BCUT2D eigenvalue weighted by Gasteiger charge is 2.62. The van der Waals surface area contributed by atoms with Crippen LogP contribution in [0, 0.1) is 25.4 Å². The predicted octanol–water partition coefficient (Wildman–Crippen LogP) is -0.194. The maximum absolute atomic E-state index is 10.6. The van der Waals surface area contributed by atoms with Gasteiger partial charge in [0.25, 0.3) is 0 Å². The standard InChI is InChI=1S/C3H6N4O5/c1-3(6(9)10,7(11)12)5(8)4-2/h1-2H3. The van der Waals surface area contributed by atoms with Crippen LogP contribution in [0.15, 0.2) is 5.11 Å². The molecule has 0 rings (SSSR count). The molecule has 0 aromatic carbocycles. The van der Waals surface area contributed by atoms with Gasteiger partial charge < -0.3 is 5.21 Å². The molecule has 9 heteroatoms. The molecule has 12 heavy (non-hydrogen) atoms. The van der Waals surface area contributed by atoms with E-state index in [0.29, 0.717) is 6.92 Å². The van der Waals surface area contributed by atoms with E-state index in [2.05, 4.69) is 5.11 Å². The molecule has 0 N–H and O–H groups in total. The lowest BCUT2D eigenvalue weighted by Crippen LogP contribution is -2.50. The van der Waals surface area contributed by atoms with Crippen molar-refractivity contribution >= 4 is 0 Å². The monoisotopic (exact) mass is 178 g/mol. The Morgan fingerprint density at radius 1 is 1.17 bits per heavy atom. The molecule has 0 unspecified atom stereocenters. The van der Waals surface area contributed by atoms with Gasteiger partial charge >= 0.3 is 5.79 Å². The van der Waals surface area contributed by atoms with Gasteiger partial charge in [-0.1, -0.05) is 0 Å². The van der Waals surface area contributed by atoms with Crippen molar-refractivity contribution in [3.8, 4) is 0 Å². The number of hydrogen-bond donors (Lipinski definition) is 0. The van der Waals surface area contributed by atoms with E-state index in [-0.39, 0.29) is 0 Å². The Morgan fingerprint density at radius 3 is 1.58 bits per heavy atom. The summed E-state index contributed by atoms with van der Waals surface area (Å²) >= 11 is 0. The minimum atomic E-state index is -2.94. The van der Waals surface area contributed by atoms with Crippen LogP contribution in [0.2, 0.25) is 0 Å². The average Bonchev–Trinajstić information content (AvgIpc) is 2.00. The highest BCUT2D eigenvalue weighted by Crippen LogP contribution is 2.10. The van der Waals surface area contributed by atoms with Crippen LogP contribution in [0.4, 0.5) is 0 Å². The summed E-state index contributed by atoms with van der Waals surface area (Å²) in [4.78, 5) is 17.1. The van der Waals surface area contributed by atoms with Gasteiger partial charge in [-0.2, -0.15) is 0 Å². The number of nitro groups is 2. The van der Waals surface area contributed by atoms with Crippen LogP contribution in [-0.2, 0) is 0 Å². The molecule has 68 valence electrons. The highest BCUT2D eigenvalue weighted by atomic mass is 16.7. The zero-order valence-corrected chi connectivity index (χ0v) is 6.33. The van der Waals surface area contributed by atoms with Crippen molar-refractivity contribution in [2.24, 2.45) is 5.11 Å². The summed E-state index contributed by atoms with van der Waals surface area (Å²) < 4.78 is 0. The van der Waals surface area contributed by atoms with Gasteiger partial charge in [-0.15, -0.1) is 0 Å². The van der Waals surface area contributed by atoms with Crippen molar-refractivity contribution in [2.75, 3.05) is 7.05 Å². The third kappa shape index (κ3) is 1.28. The lowest BCUT2D eigenvalue weighted by Gasteiger charge is -2.07. The molecule has 0 bridgehead atoms. The number of hydroxylamine groups is 1. The molecule has 0 aromatic heterocycles. The molecule has 0 amide bonds. The summed E-state index contributed by atoms with van der Waals surface area (Å²) in [6.07, 6.45) is 0. The van der Waals surface area contributed by atoms with Crippen molar-refractivity contribution in [2.45, 2.75) is 12.7 Å². The van der Waals surface area contributed by atoms with Crippen LogP contribution in [0.25, 0.3) is 0 Å². The number of azo groups is 1. The minimum Gasteiger partial charge on any atom is -0.589 e. The molecule has 0 aliphatic heterocycles. The Kier molecular flexibility index (Phi) is 2.61. The smallest absolute Gasteiger partial charge is 0.589 e. The first-order valence-electron chi connectivity index (χ1n) is 2.73. The van der Waals surface area contributed by atoms with Gasteiger partial charge in [-0.25, -0.2) is 0 Å². The summed E-state index contributed by atoms with van der Waals surface area (Å²) in [6.45, 7) is 0.562. The molecule has 9 nitrogen and oxygen atoms in total. The molecule has 0 atom stereocenters. The molecule has 0 fully saturated rings. The molecule has 0 saturated heterocycles. The first-order chi connectivity index (χ1) is 5.37. The van der Waals surface area contributed by atoms with E-state index in [4.69, 9.17) is 0 Å². The first-order valence-corrected chi connectivity index (χ1v) is 2.73. The van der Waals surface area contributed by atoms with Gasteiger partial charge in [-0.05, 0) is 5.11 Å². The van der Waals surface area contributed by atoms with Crippen molar-refractivity contribution < 1.29 is 14.7 Å². The third-order valence-corrected chi connectivity index (χ3v) is 1.24. The van der Waals surface area contributed by atoms with E-state index in [9.17, 15) is 25.4 Å². The second-order valence-corrected chi connectivity index (χ2v) is 1.96. The van der Waals surface area contributed by atoms with Crippen LogP contribution in [-0.4, -0.2) is 27.5 Å². The summed E-state index contributed by atoms with van der Waals surface area (Å²) in [5.41, 5.74) is 0. The lowest BCUT2D eigenvalue weighted by molar-refractivity contribution is -0.976. The quantitative estimate of drug-likeness (QED) is 0.194. The van der Waals surface area contributed by atoms with E-state index in [1.54, 1.807) is 0 Å². The van der Waals surface area contributed by atoms with Crippen molar-refractivity contribution in [1.82, 2.24) is 0 Å². The summed E-state index contributed by atoms with van der Waals surface area (Å²) in [5.74, 6) is -2.94. The molecular weight excluding hydrogens is 172 g/mol. The number of nitrogens with zero attached hydrogens (tertiary/aromatic N) is 4. The Morgan fingerprint density at radius 2 is 1.50 bits per heavy atom. The predicted molar refractivity (Wildman–Crippen MR) is 34.4 cm³/mol. The summed E-state index contributed by atoms with van der Waals surface area (Å²) in [6, 6.07) is 0. The van der Waals surface area contributed by atoms with Gasteiger partial charge in [0.2, 0.25) is 0 Å². The summed E-state index contributed by atoms with van der Waals surface area (Å²) in [7, 11) is 0.929. The molecule has 0 radical (unpaired) electrons. The molecule has 0 saturated carbocycles. The second-order valence-electron chi connectivity index (χ2n) is 1.96. The Labute approximate surface area is 66.2 Å². The van der Waals surface area contributed by atoms with Crippen LogP contribution in [0.5, 0.6) is 0 Å². The Balaban J connectivity index is 5.16. The van der Waals surface area contributed by atoms with E-state index >= 15 is 0 Å². The van der Waals surface area contributed by atoms with Gasteiger partial charge in [0.1, 0.15) is 0 Å². The fourth-order valence-corrected chi connectivity index (χ4v) is 0.396. The van der Waals surface area contributed by atoms with Crippen LogP contribution in [0.3, 0.4) is 0 Å². The van der Waals surface area contributed by atoms with Gasteiger partial charge in [0.15, 0.2) is 16.8 Å². The fraction of sp³-hybridized carbons (Fsp3) is 1.00. The Hall–Kier alpha value is -1.80. The molecule has 0 aromatic rings. The summed E-state index contributed by atoms with van der Waals surface area (Å²) in [5, 5.41) is 33.6. The van der Waals surface area contributed by atoms with Crippen molar-refractivity contribution in [3.05, 3.63) is 25.4 Å². The second kappa shape index (κ2) is 3.07. The topological polar surface area (TPSA) is 125 Å². The van der Waals surface area contributed by atoms with Crippen molar-refractivity contribution in [3.63, 3.8) is 0 Å². The SMILES string of the molecule is CN=[N+]([O-])C(C)([N+](=O)[O-])[N+](=O)[O-]. The first kappa shape index (κ1) is 10.2. The zero-order chi connectivity index (χ0) is 9.94. The Bertz CT molecular complexity index is 233. The molecule has 0 spiro atoms. The van der Waals surface area contributed by atoms with Gasteiger partial charge in [-0.3, -0.25) is 20.2 Å². The minimum absolute atomic E-state index is 0.562. The normalized spacial score (nSPS) is 12.7. The number of hydrogen-bond acceptors (Lipinski definition) is 6. The molecule has 0 aliphatic rings. The van der Waals surface area contributed by atoms with Crippen molar-refractivity contribution in [1.29, 1.82) is 0 Å². The largest absolute Gasteiger partial charge is 0.678 e. The van der Waals surface area contributed by atoms with E-state index in [0.717, 1.165) is 7.05 Å². The van der Waals surface area contributed by atoms with Gasteiger partial charge in [0, 0.05) is 4.86 Å². The van der Waals surface area contributed by atoms with Crippen LogP contribution in [0.1, 0.15) is 6.92 Å². The molecule has 0 aliphatic carbocycles. The van der Waals surface area contributed by atoms with Crippen LogP contribution >= 0.6 is 0 Å². The molecule has 0 heterocycles. The average molecular weight is 178 g/mol. The van der Waals surface area contributed by atoms with Crippen LogP contribution < -0.4 is 0 Å². The van der Waals surface area contributed by atoms with E-state index < -0.39 is 20.5 Å². The highest BCUT2D eigenvalue weighted by molar-refractivity contribution is 4.39. The third-order valence-electron chi connectivity index (χ3n) is 1.24. The fourth-order valence-electron chi connectivity index (χ4n) is 0.396. The lowest BCUT2D eigenvalue weighted by atomic mass is 10.5. The van der Waals surface area contributed by atoms with Gasteiger partial charge in [0.05, 0.1) is 7.05 Å². The molecular formula is C3H6N4O5. The maximum atomic E-state index is 10.6.